The Morgan fingerprint density at radius 2 is 2.00 bits per heavy atom. The molecule has 0 saturated carbocycles. The van der Waals surface area contributed by atoms with Crippen LogP contribution in [0.5, 0.6) is 5.75 Å². The first-order valence-electron chi connectivity index (χ1n) is 6.47. The first-order chi connectivity index (χ1) is 9.13. The Morgan fingerprint density at radius 3 is 2.55 bits per heavy atom. The highest BCUT2D eigenvalue weighted by atomic mass is 35.5. The highest BCUT2D eigenvalue weighted by molar-refractivity contribution is 6.32. The minimum absolute atomic E-state index is 0. The molecule has 0 aliphatic heterocycles. The van der Waals surface area contributed by atoms with E-state index in [1.807, 2.05) is 0 Å². The minimum atomic E-state index is -0.161. The number of carbonyl (C=O) groups excluding carboxylic acids is 1. The summed E-state index contributed by atoms with van der Waals surface area (Å²) < 4.78 is 5.16. The lowest BCUT2D eigenvalue weighted by Crippen LogP contribution is -2.34. The maximum absolute atomic E-state index is 12.1. The van der Waals surface area contributed by atoms with Gasteiger partial charge in [0.2, 0.25) is 0 Å². The van der Waals surface area contributed by atoms with E-state index < -0.39 is 0 Å². The largest absolute Gasteiger partial charge is 0.494 e. The third kappa shape index (κ3) is 5.19. The van der Waals surface area contributed by atoms with Crippen LogP contribution in [0.3, 0.4) is 0 Å². The Labute approximate surface area is 131 Å². The van der Waals surface area contributed by atoms with Crippen LogP contribution >= 0.6 is 24.0 Å². The van der Waals surface area contributed by atoms with Gasteiger partial charge >= 0.3 is 0 Å². The van der Waals surface area contributed by atoms with Crippen molar-refractivity contribution in [2.24, 2.45) is 0 Å². The molecule has 4 nitrogen and oxygen atoms in total. The van der Waals surface area contributed by atoms with Crippen molar-refractivity contribution in [2.45, 2.75) is 13.8 Å². The first-order valence-corrected chi connectivity index (χ1v) is 6.84. The second kappa shape index (κ2) is 9.86. The maximum Gasteiger partial charge on any atom is 0.255 e. The van der Waals surface area contributed by atoms with Gasteiger partial charge < -0.3 is 15.0 Å². The number of hydrogen-bond acceptors (Lipinski definition) is 3. The van der Waals surface area contributed by atoms with E-state index in [1.165, 1.54) is 7.11 Å². The van der Waals surface area contributed by atoms with E-state index in [-0.39, 0.29) is 18.3 Å². The standard InChI is InChI=1S/C14H21ClN2O2.ClH/c1-4-17(5-2)10-9-16-14(18)11-7-6-8-12(15)13(11)19-3;/h6-8H,4-5,9-10H2,1-3H3,(H,16,18);1H. The summed E-state index contributed by atoms with van der Waals surface area (Å²) in [6, 6.07) is 5.15. The van der Waals surface area contributed by atoms with Crippen LogP contribution in [-0.4, -0.2) is 44.1 Å². The van der Waals surface area contributed by atoms with Crippen molar-refractivity contribution >= 4 is 29.9 Å². The Balaban J connectivity index is 0.00000361. The Bertz CT molecular complexity index is 424. The average Bonchev–Trinajstić information content (AvgIpc) is 2.43. The molecule has 0 aliphatic rings. The first kappa shape index (κ1) is 19.0. The molecule has 1 amide bonds. The maximum atomic E-state index is 12.1. The van der Waals surface area contributed by atoms with E-state index in [9.17, 15) is 4.79 Å². The number of nitrogens with zero attached hydrogens (tertiary/aromatic N) is 1. The van der Waals surface area contributed by atoms with Crippen molar-refractivity contribution in [3.05, 3.63) is 28.8 Å². The van der Waals surface area contributed by atoms with Gasteiger partial charge in [0.05, 0.1) is 17.7 Å². The lowest BCUT2D eigenvalue weighted by atomic mass is 10.2. The number of likely N-dealkylation sites (N-methyl/N-ethyl adjacent to an activating group) is 1. The smallest absolute Gasteiger partial charge is 0.255 e. The number of para-hydroxylation sites is 1. The fourth-order valence-electron chi connectivity index (χ4n) is 1.86. The molecule has 1 aromatic rings. The summed E-state index contributed by atoms with van der Waals surface area (Å²) in [4.78, 5) is 14.3. The van der Waals surface area contributed by atoms with Crippen molar-refractivity contribution in [3.63, 3.8) is 0 Å². The summed E-state index contributed by atoms with van der Waals surface area (Å²) in [5.41, 5.74) is 0.467. The van der Waals surface area contributed by atoms with Crippen LogP contribution in [0.2, 0.25) is 5.02 Å². The average molecular weight is 321 g/mol. The predicted octanol–water partition coefficient (Wildman–Crippen LogP) is 2.84. The van der Waals surface area contributed by atoms with Crippen LogP contribution in [0.15, 0.2) is 18.2 Å². The van der Waals surface area contributed by atoms with Gasteiger partial charge in [0.15, 0.2) is 0 Å². The molecular formula is C14H22Cl2N2O2. The summed E-state index contributed by atoms with van der Waals surface area (Å²) in [6.45, 7) is 7.61. The molecular weight excluding hydrogens is 299 g/mol. The van der Waals surface area contributed by atoms with Crippen molar-refractivity contribution < 1.29 is 9.53 Å². The molecule has 0 aliphatic carbocycles. The minimum Gasteiger partial charge on any atom is -0.494 e. The topological polar surface area (TPSA) is 41.6 Å². The summed E-state index contributed by atoms with van der Waals surface area (Å²) in [7, 11) is 1.51. The number of nitrogens with one attached hydrogen (secondary N) is 1. The number of benzene rings is 1. The van der Waals surface area contributed by atoms with Gasteiger partial charge in [0.1, 0.15) is 5.75 Å². The van der Waals surface area contributed by atoms with Gasteiger partial charge in [-0.3, -0.25) is 4.79 Å². The summed E-state index contributed by atoms with van der Waals surface area (Å²) in [6.07, 6.45) is 0. The van der Waals surface area contributed by atoms with Crippen LogP contribution in [-0.2, 0) is 0 Å². The number of methoxy groups -OCH3 is 1. The highest BCUT2D eigenvalue weighted by Gasteiger charge is 2.14. The Kier molecular flexibility index (Phi) is 9.38. The van der Waals surface area contributed by atoms with E-state index in [0.29, 0.717) is 22.9 Å². The molecule has 1 aromatic carbocycles. The molecule has 1 rings (SSSR count). The van der Waals surface area contributed by atoms with Crippen molar-refractivity contribution in [3.8, 4) is 5.75 Å². The zero-order valence-corrected chi connectivity index (χ0v) is 13.7. The van der Waals surface area contributed by atoms with Gasteiger partial charge in [-0.25, -0.2) is 0 Å². The molecule has 0 saturated heterocycles. The quantitative estimate of drug-likeness (QED) is 0.840. The Hall–Kier alpha value is -0.970. The number of rotatable bonds is 7. The van der Waals surface area contributed by atoms with Crippen LogP contribution < -0.4 is 10.1 Å². The zero-order valence-electron chi connectivity index (χ0n) is 12.1. The number of halogens is 2. The van der Waals surface area contributed by atoms with Gasteiger partial charge in [0.25, 0.3) is 5.91 Å². The van der Waals surface area contributed by atoms with Crippen LogP contribution in [0.1, 0.15) is 24.2 Å². The fourth-order valence-corrected chi connectivity index (χ4v) is 2.11. The SMILES string of the molecule is CCN(CC)CCNC(=O)c1cccc(Cl)c1OC.Cl. The van der Waals surface area contributed by atoms with E-state index in [1.54, 1.807) is 18.2 Å². The molecule has 0 atom stereocenters. The van der Waals surface area contributed by atoms with Crippen LogP contribution in [0.25, 0.3) is 0 Å². The Morgan fingerprint density at radius 1 is 1.35 bits per heavy atom. The third-order valence-corrected chi connectivity index (χ3v) is 3.32. The van der Waals surface area contributed by atoms with Gasteiger partial charge in [-0.2, -0.15) is 0 Å². The number of amides is 1. The molecule has 0 aromatic heterocycles. The third-order valence-electron chi connectivity index (χ3n) is 3.02. The molecule has 1 N–H and O–H groups in total. The van der Waals surface area contributed by atoms with Crippen molar-refractivity contribution in [2.75, 3.05) is 33.3 Å². The molecule has 114 valence electrons. The number of carbonyl (C=O) groups is 1. The number of hydrogen-bond donors (Lipinski definition) is 1. The van der Waals surface area contributed by atoms with Crippen LogP contribution in [0.4, 0.5) is 0 Å². The van der Waals surface area contributed by atoms with E-state index in [4.69, 9.17) is 16.3 Å². The number of ether oxygens (including phenoxy) is 1. The molecule has 0 bridgehead atoms. The van der Waals surface area contributed by atoms with Gasteiger partial charge in [-0.1, -0.05) is 31.5 Å². The predicted molar refractivity (Wildman–Crippen MR) is 85.4 cm³/mol. The van der Waals surface area contributed by atoms with Gasteiger partial charge in [-0.05, 0) is 25.2 Å². The van der Waals surface area contributed by atoms with E-state index in [2.05, 4.69) is 24.1 Å². The second-order valence-electron chi connectivity index (χ2n) is 4.10. The summed E-state index contributed by atoms with van der Waals surface area (Å²) in [5.74, 6) is 0.260. The zero-order chi connectivity index (χ0) is 14.3. The monoisotopic (exact) mass is 320 g/mol. The normalized spacial score (nSPS) is 10.1. The van der Waals surface area contributed by atoms with Gasteiger partial charge in [-0.15, -0.1) is 12.4 Å². The molecule has 0 unspecified atom stereocenters. The molecule has 0 radical (unpaired) electrons. The summed E-state index contributed by atoms with van der Waals surface area (Å²) in [5, 5.41) is 3.32. The molecule has 0 spiro atoms. The molecule has 0 heterocycles. The second-order valence-corrected chi connectivity index (χ2v) is 4.51. The van der Waals surface area contributed by atoms with Crippen molar-refractivity contribution in [1.82, 2.24) is 10.2 Å². The molecule has 20 heavy (non-hydrogen) atoms. The van der Waals surface area contributed by atoms with E-state index >= 15 is 0 Å². The highest BCUT2D eigenvalue weighted by Crippen LogP contribution is 2.27. The molecule has 0 fully saturated rings. The lowest BCUT2D eigenvalue weighted by Gasteiger charge is -2.18. The fraction of sp³-hybridized carbons (Fsp3) is 0.500. The summed E-state index contributed by atoms with van der Waals surface area (Å²) >= 11 is 5.99. The van der Waals surface area contributed by atoms with Crippen molar-refractivity contribution in [1.29, 1.82) is 0 Å². The van der Waals surface area contributed by atoms with Gasteiger partial charge in [0, 0.05) is 13.1 Å². The van der Waals surface area contributed by atoms with Crippen LogP contribution in [0, 0.1) is 0 Å². The molecule has 6 heteroatoms. The van der Waals surface area contributed by atoms with E-state index in [0.717, 1.165) is 19.6 Å². The lowest BCUT2D eigenvalue weighted by molar-refractivity contribution is 0.0946.